The number of rotatable bonds is 3. The summed E-state index contributed by atoms with van der Waals surface area (Å²) in [6, 6.07) is 8.12. The maximum atomic E-state index is 11.5. The van der Waals surface area contributed by atoms with E-state index in [1.54, 1.807) is 0 Å². The highest BCUT2D eigenvalue weighted by Gasteiger charge is 2.25. The van der Waals surface area contributed by atoms with E-state index in [4.69, 9.17) is 0 Å². The number of benzene rings is 1. The standard InChI is InChI=1S/C16H16N2OS/c19-16(10-20)18-14-8-4-2-6-12(14)15-9-11-5-1-3-7-13(11)17-15/h1-9,11,13,17,20H,10H2,(H,18,19). The van der Waals surface area contributed by atoms with Crippen molar-refractivity contribution >= 4 is 29.9 Å². The van der Waals surface area contributed by atoms with E-state index in [1.165, 1.54) is 0 Å². The molecule has 1 aliphatic heterocycles. The van der Waals surface area contributed by atoms with E-state index in [2.05, 4.69) is 53.6 Å². The van der Waals surface area contributed by atoms with Crippen molar-refractivity contribution in [3.63, 3.8) is 0 Å². The van der Waals surface area contributed by atoms with Gasteiger partial charge in [0.05, 0.1) is 17.5 Å². The van der Waals surface area contributed by atoms with Gasteiger partial charge in [-0.15, -0.1) is 0 Å². The first kappa shape index (κ1) is 13.1. The van der Waals surface area contributed by atoms with Crippen LogP contribution in [-0.2, 0) is 4.79 Å². The molecule has 3 nitrogen and oxygen atoms in total. The minimum atomic E-state index is -0.100. The van der Waals surface area contributed by atoms with Crippen LogP contribution in [0, 0.1) is 5.92 Å². The molecule has 4 heteroatoms. The fourth-order valence-corrected chi connectivity index (χ4v) is 2.61. The van der Waals surface area contributed by atoms with E-state index in [9.17, 15) is 4.79 Å². The zero-order valence-electron chi connectivity index (χ0n) is 10.9. The van der Waals surface area contributed by atoms with Crippen LogP contribution < -0.4 is 10.6 Å². The van der Waals surface area contributed by atoms with E-state index in [0.29, 0.717) is 12.0 Å². The Morgan fingerprint density at radius 3 is 2.85 bits per heavy atom. The van der Waals surface area contributed by atoms with Gasteiger partial charge in [-0.1, -0.05) is 48.6 Å². The molecule has 0 radical (unpaired) electrons. The number of allylic oxidation sites excluding steroid dienone is 2. The van der Waals surface area contributed by atoms with Crippen LogP contribution >= 0.6 is 12.6 Å². The number of fused-ring (bicyclic) bond motifs is 1. The van der Waals surface area contributed by atoms with Gasteiger partial charge in [0.1, 0.15) is 0 Å². The third-order valence-corrected chi connectivity index (χ3v) is 3.78. The van der Waals surface area contributed by atoms with Crippen LogP contribution in [0.2, 0.25) is 0 Å². The Bertz CT molecular complexity index is 619. The van der Waals surface area contributed by atoms with Crippen LogP contribution in [0.4, 0.5) is 5.69 Å². The highest BCUT2D eigenvalue weighted by atomic mass is 32.1. The number of thiol groups is 1. The van der Waals surface area contributed by atoms with E-state index in [1.807, 2.05) is 24.3 Å². The number of nitrogens with one attached hydrogen (secondary N) is 2. The summed E-state index contributed by atoms with van der Waals surface area (Å²) < 4.78 is 0. The predicted octanol–water partition coefficient (Wildman–Crippen LogP) is 2.61. The average Bonchev–Trinajstić information content (AvgIpc) is 2.91. The Morgan fingerprint density at radius 1 is 1.25 bits per heavy atom. The lowest BCUT2D eigenvalue weighted by molar-refractivity contribution is -0.113. The number of hydrogen-bond donors (Lipinski definition) is 3. The second kappa shape index (κ2) is 5.59. The lowest BCUT2D eigenvalue weighted by Gasteiger charge is -2.17. The van der Waals surface area contributed by atoms with E-state index in [0.717, 1.165) is 16.9 Å². The Morgan fingerprint density at radius 2 is 2.05 bits per heavy atom. The molecule has 2 aliphatic rings. The normalized spacial score (nSPS) is 22.9. The summed E-state index contributed by atoms with van der Waals surface area (Å²) in [6.45, 7) is 0. The molecule has 2 N–H and O–H groups in total. The molecular weight excluding hydrogens is 268 g/mol. The quantitative estimate of drug-likeness (QED) is 0.747. The number of hydrogen-bond acceptors (Lipinski definition) is 3. The topological polar surface area (TPSA) is 41.1 Å². The van der Waals surface area contributed by atoms with Crippen molar-refractivity contribution in [2.75, 3.05) is 11.1 Å². The molecule has 0 saturated heterocycles. The second-order valence-corrected chi connectivity index (χ2v) is 5.17. The average molecular weight is 284 g/mol. The van der Waals surface area contributed by atoms with Gasteiger partial charge in [-0.05, 0) is 6.07 Å². The molecule has 1 aliphatic carbocycles. The van der Waals surface area contributed by atoms with Crippen molar-refractivity contribution in [1.29, 1.82) is 0 Å². The Balaban J connectivity index is 1.89. The van der Waals surface area contributed by atoms with Crippen LogP contribution in [0.1, 0.15) is 5.56 Å². The minimum absolute atomic E-state index is 0.100. The summed E-state index contributed by atoms with van der Waals surface area (Å²) >= 11 is 4.00. The van der Waals surface area contributed by atoms with Crippen LogP contribution in [0.3, 0.4) is 0 Å². The van der Waals surface area contributed by atoms with Crippen molar-refractivity contribution in [3.8, 4) is 0 Å². The molecular formula is C16H16N2OS. The number of anilines is 1. The molecule has 1 heterocycles. The Labute approximate surface area is 123 Å². The first-order valence-electron chi connectivity index (χ1n) is 6.61. The molecule has 3 rings (SSSR count). The largest absolute Gasteiger partial charge is 0.378 e. The van der Waals surface area contributed by atoms with Gasteiger partial charge in [0, 0.05) is 17.2 Å². The van der Waals surface area contributed by atoms with Crippen molar-refractivity contribution in [2.24, 2.45) is 5.92 Å². The van der Waals surface area contributed by atoms with Crippen LogP contribution in [-0.4, -0.2) is 17.7 Å². The summed E-state index contributed by atoms with van der Waals surface area (Å²) in [7, 11) is 0. The van der Waals surface area contributed by atoms with Gasteiger partial charge >= 0.3 is 0 Å². The van der Waals surface area contributed by atoms with E-state index in [-0.39, 0.29) is 11.7 Å². The molecule has 0 bridgehead atoms. The first-order valence-corrected chi connectivity index (χ1v) is 7.24. The lowest BCUT2D eigenvalue weighted by Crippen LogP contribution is -2.26. The summed E-state index contributed by atoms with van der Waals surface area (Å²) in [5, 5.41) is 6.38. The zero-order chi connectivity index (χ0) is 13.9. The van der Waals surface area contributed by atoms with Crippen LogP contribution in [0.25, 0.3) is 5.70 Å². The lowest BCUT2D eigenvalue weighted by atomic mass is 9.98. The third-order valence-electron chi connectivity index (χ3n) is 3.49. The molecule has 2 unspecified atom stereocenters. The van der Waals surface area contributed by atoms with Gasteiger partial charge in [-0.3, -0.25) is 4.79 Å². The molecule has 1 amide bonds. The van der Waals surface area contributed by atoms with Gasteiger partial charge in [0.2, 0.25) is 5.91 Å². The molecule has 1 aromatic carbocycles. The fourth-order valence-electron chi connectivity index (χ4n) is 2.53. The third kappa shape index (κ3) is 2.51. The first-order chi connectivity index (χ1) is 9.78. The van der Waals surface area contributed by atoms with E-state index >= 15 is 0 Å². The molecule has 0 aromatic heterocycles. The summed E-state index contributed by atoms with van der Waals surface area (Å²) in [5.74, 6) is 0.456. The van der Waals surface area contributed by atoms with Gasteiger partial charge < -0.3 is 10.6 Å². The van der Waals surface area contributed by atoms with Crippen LogP contribution in [0.5, 0.6) is 0 Å². The molecule has 0 spiro atoms. The van der Waals surface area contributed by atoms with Gasteiger partial charge in [-0.25, -0.2) is 0 Å². The molecule has 0 fully saturated rings. The SMILES string of the molecule is O=C(CS)Nc1ccccc1C1=CC2C=CC=CC2N1. The number of amides is 1. The molecule has 2 atom stereocenters. The fraction of sp³-hybridized carbons (Fsp3) is 0.188. The number of carbonyl (C=O) groups excluding carboxylic acids is 1. The number of para-hydroxylation sites is 1. The highest BCUT2D eigenvalue weighted by Crippen LogP contribution is 2.31. The van der Waals surface area contributed by atoms with Gasteiger partial charge in [-0.2, -0.15) is 12.6 Å². The summed E-state index contributed by atoms with van der Waals surface area (Å²) in [6.07, 6.45) is 10.7. The van der Waals surface area contributed by atoms with Gasteiger partial charge in [0.25, 0.3) is 0 Å². The molecule has 1 aromatic rings. The summed E-state index contributed by atoms with van der Waals surface area (Å²) in [4.78, 5) is 11.5. The molecule has 20 heavy (non-hydrogen) atoms. The number of carbonyl (C=O) groups is 1. The minimum Gasteiger partial charge on any atom is -0.378 e. The van der Waals surface area contributed by atoms with Crippen molar-refractivity contribution in [1.82, 2.24) is 5.32 Å². The zero-order valence-corrected chi connectivity index (χ0v) is 11.8. The Hall–Kier alpha value is -1.94. The van der Waals surface area contributed by atoms with Crippen LogP contribution in [0.15, 0.2) is 54.6 Å². The maximum Gasteiger partial charge on any atom is 0.234 e. The van der Waals surface area contributed by atoms with Crippen molar-refractivity contribution in [3.05, 3.63) is 60.2 Å². The molecule has 102 valence electrons. The molecule has 0 saturated carbocycles. The summed E-state index contributed by atoms with van der Waals surface area (Å²) in [5.41, 5.74) is 2.89. The van der Waals surface area contributed by atoms with Crippen molar-refractivity contribution < 1.29 is 4.79 Å². The second-order valence-electron chi connectivity index (χ2n) is 4.85. The Kier molecular flexibility index (Phi) is 3.65. The van der Waals surface area contributed by atoms with Gasteiger partial charge in [0.15, 0.2) is 0 Å². The smallest absolute Gasteiger partial charge is 0.234 e. The maximum absolute atomic E-state index is 11.5. The predicted molar refractivity (Wildman–Crippen MR) is 85.6 cm³/mol. The van der Waals surface area contributed by atoms with E-state index < -0.39 is 0 Å². The van der Waals surface area contributed by atoms with Crippen molar-refractivity contribution in [2.45, 2.75) is 6.04 Å². The highest BCUT2D eigenvalue weighted by molar-refractivity contribution is 7.81. The monoisotopic (exact) mass is 284 g/mol.